The second-order valence-corrected chi connectivity index (χ2v) is 9.99. The zero-order valence-electron chi connectivity index (χ0n) is 19.1. The molecule has 7 nitrogen and oxygen atoms in total. The number of carbonyl (C=O) groups excluding carboxylic acids is 2. The third-order valence-electron chi connectivity index (χ3n) is 5.22. The molecule has 178 valence electrons. The zero-order valence-corrected chi connectivity index (χ0v) is 20.6. The molecule has 9 heteroatoms. The Balaban J connectivity index is 1.77. The highest BCUT2D eigenvalue weighted by atomic mass is 35.5. The van der Waals surface area contributed by atoms with Crippen molar-refractivity contribution in [3.8, 4) is 0 Å². The Hall–Kier alpha value is -3.36. The minimum absolute atomic E-state index is 0.00806. The third kappa shape index (κ3) is 6.15. The largest absolute Gasteiger partial charge is 0.350 e. The smallest absolute Gasteiger partial charge is 0.261 e. The fraction of sp³-hybridized carbons (Fsp3) is 0.200. The molecular weight excluding hydrogens is 474 g/mol. The normalized spacial score (nSPS) is 12.0. The summed E-state index contributed by atoms with van der Waals surface area (Å²) in [6.45, 7) is 5.73. The Kier molecular flexibility index (Phi) is 7.96. The van der Waals surface area contributed by atoms with E-state index in [9.17, 15) is 18.0 Å². The summed E-state index contributed by atoms with van der Waals surface area (Å²) >= 11 is 6.28. The standard InChI is InChI=1S/C25H26ClN3O4S/c1-4-17(3)27-25(31)20-7-5-6-8-22(20)28-24(30)18-11-14-23(21(26)15-18)29-34(32,33)19-12-9-16(2)10-13-19/h5-15,17,29H,4H2,1-3H3,(H,27,31)(H,28,30)/t17-/m1/s1. The fourth-order valence-electron chi connectivity index (χ4n) is 3.05. The molecule has 0 fully saturated rings. The van der Waals surface area contributed by atoms with Gasteiger partial charge in [0.25, 0.3) is 21.8 Å². The topological polar surface area (TPSA) is 104 Å². The predicted molar refractivity (Wildman–Crippen MR) is 135 cm³/mol. The number of amides is 2. The molecule has 3 N–H and O–H groups in total. The minimum Gasteiger partial charge on any atom is -0.350 e. The minimum atomic E-state index is -3.84. The number of aryl methyl sites for hydroxylation is 1. The first-order valence-corrected chi connectivity index (χ1v) is 12.6. The lowest BCUT2D eigenvalue weighted by Gasteiger charge is -2.15. The number of hydrogen-bond donors (Lipinski definition) is 3. The van der Waals surface area contributed by atoms with Crippen LogP contribution in [0.2, 0.25) is 5.02 Å². The second kappa shape index (κ2) is 10.7. The molecule has 3 rings (SSSR count). The van der Waals surface area contributed by atoms with Gasteiger partial charge in [-0.05, 0) is 62.7 Å². The number of nitrogens with one attached hydrogen (secondary N) is 3. The summed E-state index contributed by atoms with van der Waals surface area (Å²) in [4.78, 5) is 25.5. The van der Waals surface area contributed by atoms with Crippen LogP contribution in [0, 0.1) is 6.92 Å². The number of rotatable bonds is 8. The zero-order chi connectivity index (χ0) is 24.9. The van der Waals surface area contributed by atoms with Gasteiger partial charge >= 0.3 is 0 Å². The summed E-state index contributed by atoms with van der Waals surface area (Å²) in [5.74, 6) is -0.775. The van der Waals surface area contributed by atoms with E-state index >= 15 is 0 Å². The quantitative estimate of drug-likeness (QED) is 0.394. The van der Waals surface area contributed by atoms with Gasteiger partial charge in [-0.25, -0.2) is 8.42 Å². The average molecular weight is 500 g/mol. The molecule has 0 saturated carbocycles. The van der Waals surface area contributed by atoms with E-state index in [0.29, 0.717) is 11.3 Å². The molecule has 0 saturated heterocycles. The SMILES string of the molecule is CC[C@@H](C)NC(=O)c1ccccc1NC(=O)c1ccc(NS(=O)(=O)c2ccc(C)cc2)c(Cl)c1. The van der Waals surface area contributed by atoms with Gasteiger partial charge in [-0.15, -0.1) is 0 Å². The molecule has 34 heavy (non-hydrogen) atoms. The van der Waals surface area contributed by atoms with Crippen LogP contribution in [0.25, 0.3) is 0 Å². The summed E-state index contributed by atoms with van der Waals surface area (Å²) in [6, 6.07) is 17.3. The molecule has 0 aliphatic rings. The lowest BCUT2D eigenvalue weighted by atomic mass is 10.1. The van der Waals surface area contributed by atoms with Crippen molar-refractivity contribution in [3.05, 3.63) is 88.4 Å². The van der Waals surface area contributed by atoms with Gasteiger partial charge in [0.1, 0.15) is 0 Å². The van der Waals surface area contributed by atoms with Gasteiger partial charge in [0.05, 0.1) is 26.9 Å². The van der Waals surface area contributed by atoms with Crippen molar-refractivity contribution in [1.82, 2.24) is 5.32 Å². The molecule has 0 radical (unpaired) electrons. The van der Waals surface area contributed by atoms with E-state index in [1.54, 1.807) is 36.4 Å². The van der Waals surface area contributed by atoms with Crippen molar-refractivity contribution >= 4 is 44.8 Å². The first-order valence-electron chi connectivity index (χ1n) is 10.7. The molecular formula is C25H26ClN3O4S. The number of para-hydroxylation sites is 1. The number of benzene rings is 3. The van der Waals surface area contributed by atoms with Gasteiger partial charge in [-0.3, -0.25) is 14.3 Å². The van der Waals surface area contributed by atoms with E-state index in [2.05, 4.69) is 15.4 Å². The van der Waals surface area contributed by atoms with Crippen LogP contribution >= 0.6 is 11.6 Å². The van der Waals surface area contributed by atoms with Crippen molar-refractivity contribution in [1.29, 1.82) is 0 Å². The van der Waals surface area contributed by atoms with E-state index in [1.165, 1.54) is 30.3 Å². The van der Waals surface area contributed by atoms with Crippen molar-refractivity contribution in [3.63, 3.8) is 0 Å². The van der Waals surface area contributed by atoms with Crippen LogP contribution in [0.1, 0.15) is 46.5 Å². The predicted octanol–water partition coefficient (Wildman–Crippen LogP) is 5.23. The Morgan fingerprint density at radius 1 is 0.941 bits per heavy atom. The molecule has 2 amide bonds. The highest BCUT2D eigenvalue weighted by molar-refractivity contribution is 7.92. The van der Waals surface area contributed by atoms with Crippen molar-refractivity contribution in [2.75, 3.05) is 10.0 Å². The van der Waals surface area contributed by atoms with Crippen LogP contribution in [-0.2, 0) is 10.0 Å². The van der Waals surface area contributed by atoms with E-state index in [-0.39, 0.29) is 33.1 Å². The maximum Gasteiger partial charge on any atom is 0.261 e. The highest BCUT2D eigenvalue weighted by Crippen LogP contribution is 2.27. The van der Waals surface area contributed by atoms with Gasteiger partial charge in [0, 0.05) is 11.6 Å². The van der Waals surface area contributed by atoms with Gasteiger partial charge in [-0.2, -0.15) is 0 Å². The molecule has 3 aromatic rings. The Bertz CT molecular complexity index is 1310. The molecule has 0 unspecified atom stereocenters. The van der Waals surface area contributed by atoms with Crippen molar-refractivity contribution in [2.45, 2.75) is 38.1 Å². The molecule has 0 heterocycles. The number of anilines is 2. The first-order chi connectivity index (χ1) is 16.1. The van der Waals surface area contributed by atoms with Crippen LogP contribution in [0.4, 0.5) is 11.4 Å². The molecule has 0 bridgehead atoms. The number of hydrogen-bond acceptors (Lipinski definition) is 4. The first kappa shape index (κ1) is 25.3. The number of carbonyl (C=O) groups is 2. The second-order valence-electron chi connectivity index (χ2n) is 7.90. The van der Waals surface area contributed by atoms with E-state index in [4.69, 9.17) is 11.6 Å². The van der Waals surface area contributed by atoms with Crippen molar-refractivity contribution < 1.29 is 18.0 Å². The van der Waals surface area contributed by atoms with Gasteiger partial charge in [0.2, 0.25) is 0 Å². The van der Waals surface area contributed by atoms with Crippen molar-refractivity contribution in [2.24, 2.45) is 0 Å². The van der Waals surface area contributed by atoms with E-state index < -0.39 is 15.9 Å². The summed E-state index contributed by atoms with van der Waals surface area (Å²) in [6.07, 6.45) is 0.777. The van der Waals surface area contributed by atoms with Crippen LogP contribution in [0.15, 0.2) is 71.6 Å². The molecule has 0 aliphatic heterocycles. The van der Waals surface area contributed by atoms with Crippen LogP contribution in [0.3, 0.4) is 0 Å². The van der Waals surface area contributed by atoms with Crippen LogP contribution in [0.5, 0.6) is 0 Å². The molecule has 0 aromatic heterocycles. The summed E-state index contributed by atoms with van der Waals surface area (Å²) in [5, 5.41) is 5.67. The Labute approximate surface area is 204 Å². The van der Waals surface area contributed by atoms with Gasteiger partial charge in [-0.1, -0.05) is 48.4 Å². The molecule has 1 atom stereocenters. The molecule has 0 aliphatic carbocycles. The lowest BCUT2D eigenvalue weighted by Crippen LogP contribution is -2.32. The van der Waals surface area contributed by atoms with Crippen LogP contribution in [-0.4, -0.2) is 26.3 Å². The number of halogens is 1. The Morgan fingerprint density at radius 3 is 2.26 bits per heavy atom. The molecule has 3 aromatic carbocycles. The monoisotopic (exact) mass is 499 g/mol. The third-order valence-corrected chi connectivity index (χ3v) is 6.91. The summed E-state index contributed by atoms with van der Waals surface area (Å²) in [7, 11) is -3.84. The number of sulfonamides is 1. The van der Waals surface area contributed by atoms with E-state index in [1.807, 2.05) is 20.8 Å². The van der Waals surface area contributed by atoms with E-state index in [0.717, 1.165) is 12.0 Å². The maximum atomic E-state index is 12.8. The lowest BCUT2D eigenvalue weighted by molar-refractivity contribution is 0.0940. The summed E-state index contributed by atoms with van der Waals surface area (Å²) < 4.78 is 27.7. The van der Waals surface area contributed by atoms with Gasteiger partial charge in [0.15, 0.2) is 0 Å². The highest BCUT2D eigenvalue weighted by Gasteiger charge is 2.18. The summed E-state index contributed by atoms with van der Waals surface area (Å²) in [5.41, 5.74) is 1.98. The Morgan fingerprint density at radius 2 is 1.62 bits per heavy atom. The molecule has 0 spiro atoms. The fourth-order valence-corrected chi connectivity index (χ4v) is 4.41. The average Bonchev–Trinajstić information content (AvgIpc) is 2.80. The maximum absolute atomic E-state index is 12.8. The van der Waals surface area contributed by atoms with Crippen LogP contribution < -0.4 is 15.4 Å². The van der Waals surface area contributed by atoms with Gasteiger partial charge < -0.3 is 10.6 Å².